The van der Waals surface area contributed by atoms with Crippen LogP contribution >= 0.6 is 0 Å². The van der Waals surface area contributed by atoms with Gasteiger partial charge in [0.15, 0.2) is 6.29 Å². The van der Waals surface area contributed by atoms with Crippen molar-refractivity contribution in [1.82, 2.24) is 0 Å². The molecule has 0 amide bonds. The van der Waals surface area contributed by atoms with E-state index < -0.39 is 12.4 Å². The third-order valence-corrected chi connectivity index (χ3v) is 1.97. The summed E-state index contributed by atoms with van der Waals surface area (Å²) >= 11 is 0. The minimum atomic E-state index is -0.807. The Bertz CT molecular complexity index is 128. The Kier molecular flexibility index (Phi) is 2.84. The molecule has 0 bridgehead atoms. The second-order valence-electron chi connectivity index (χ2n) is 2.80. The van der Waals surface area contributed by atoms with E-state index in [4.69, 9.17) is 14.6 Å². The molecule has 1 rings (SSSR count). The molecule has 1 aliphatic heterocycles. The molecule has 0 radical (unpaired) electrons. The zero-order chi connectivity index (χ0) is 8.43. The maximum atomic E-state index is 9.39. The van der Waals surface area contributed by atoms with Crippen molar-refractivity contribution in [3.63, 3.8) is 0 Å². The second kappa shape index (κ2) is 3.49. The van der Waals surface area contributed by atoms with Gasteiger partial charge in [0.2, 0.25) is 0 Å². The molecule has 0 unspecified atom stereocenters. The average Bonchev–Trinajstić information content (AvgIpc) is 1.96. The van der Waals surface area contributed by atoms with E-state index in [1.807, 2.05) is 0 Å². The van der Waals surface area contributed by atoms with Gasteiger partial charge in [-0.25, -0.2) is 0 Å². The lowest BCUT2D eigenvalue weighted by atomic mass is 10.0. The molecular weight excluding hydrogens is 148 g/mol. The highest BCUT2D eigenvalue weighted by Gasteiger charge is 2.34. The second-order valence-corrected chi connectivity index (χ2v) is 2.80. The smallest absolute Gasteiger partial charge is 0.157 e. The van der Waals surface area contributed by atoms with Crippen LogP contribution in [0.25, 0.3) is 0 Å². The van der Waals surface area contributed by atoms with Gasteiger partial charge in [-0.3, -0.25) is 0 Å². The third-order valence-electron chi connectivity index (χ3n) is 1.97. The van der Waals surface area contributed by atoms with Crippen LogP contribution in [-0.2, 0) is 9.47 Å². The van der Waals surface area contributed by atoms with Gasteiger partial charge in [-0.15, -0.1) is 0 Å². The standard InChI is InChI=1S/C7H14O4/c1-4-7(9)5(10-2)3-6(8)11-4/h4-9H,3H2,1-2H3/t4-,5-,6-,7-/m0/s1. The van der Waals surface area contributed by atoms with E-state index in [9.17, 15) is 5.11 Å². The molecule has 2 N–H and O–H groups in total. The lowest BCUT2D eigenvalue weighted by Gasteiger charge is -2.34. The monoisotopic (exact) mass is 162 g/mol. The highest BCUT2D eigenvalue weighted by atomic mass is 16.6. The van der Waals surface area contributed by atoms with Crippen molar-refractivity contribution in [3.05, 3.63) is 0 Å². The van der Waals surface area contributed by atoms with Gasteiger partial charge in [0, 0.05) is 13.5 Å². The lowest BCUT2D eigenvalue weighted by Crippen LogP contribution is -2.47. The number of rotatable bonds is 1. The van der Waals surface area contributed by atoms with Gasteiger partial charge in [0.05, 0.1) is 12.2 Å². The molecule has 1 saturated heterocycles. The number of hydrogen-bond donors (Lipinski definition) is 2. The lowest BCUT2D eigenvalue weighted by molar-refractivity contribution is -0.231. The number of methoxy groups -OCH3 is 1. The van der Waals surface area contributed by atoms with Crippen LogP contribution in [-0.4, -0.2) is 41.9 Å². The first kappa shape index (κ1) is 8.93. The van der Waals surface area contributed by atoms with Crippen molar-refractivity contribution in [2.24, 2.45) is 0 Å². The first-order valence-corrected chi connectivity index (χ1v) is 3.69. The number of ether oxygens (including phenoxy) is 2. The molecule has 4 atom stereocenters. The van der Waals surface area contributed by atoms with E-state index in [0.29, 0.717) is 6.42 Å². The molecule has 0 saturated carbocycles. The summed E-state index contributed by atoms with van der Waals surface area (Å²) in [5.41, 5.74) is 0. The number of aliphatic hydroxyl groups is 2. The van der Waals surface area contributed by atoms with Gasteiger partial charge in [-0.2, -0.15) is 0 Å². The highest BCUT2D eigenvalue weighted by molar-refractivity contribution is 4.80. The van der Waals surface area contributed by atoms with Crippen LogP contribution in [0.4, 0.5) is 0 Å². The molecule has 0 aromatic rings. The summed E-state index contributed by atoms with van der Waals surface area (Å²) in [4.78, 5) is 0. The van der Waals surface area contributed by atoms with Gasteiger partial charge in [-0.1, -0.05) is 0 Å². The van der Waals surface area contributed by atoms with E-state index >= 15 is 0 Å². The Morgan fingerprint density at radius 3 is 2.64 bits per heavy atom. The van der Waals surface area contributed by atoms with E-state index in [1.165, 1.54) is 7.11 Å². The Balaban J connectivity index is 2.51. The van der Waals surface area contributed by atoms with Gasteiger partial charge < -0.3 is 19.7 Å². The normalized spacial score (nSPS) is 45.8. The fourth-order valence-electron chi connectivity index (χ4n) is 1.26. The van der Waals surface area contributed by atoms with Crippen molar-refractivity contribution >= 4 is 0 Å². The molecule has 0 spiro atoms. The predicted octanol–water partition coefficient (Wildman–Crippen LogP) is -0.510. The Hall–Kier alpha value is -0.160. The van der Waals surface area contributed by atoms with Crippen molar-refractivity contribution in [2.45, 2.75) is 37.9 Å². The molecule has 1 aliphatic rings. The Morgan fingerprint density at radius 2 is 2.09 bits per heavy atom. The Morgan fingerprint density at radius 1 is 1.45 bits per heavy atom. The molecule has 66 valence electrons. The molecule has 1 heterocycles. The summed E-state index contributed by atoms with van der Waals surface area (Å²) in [5, 5.41) is 18.5. The maximum Gasteiger partial charge on any atom is 0.157 e. The number of hydrogen-bond acceptors (Lipinski definition) is 4. The van der Waals surface area contributed by atoms with Crippen LogP contribution in [0.2, 0.25) is 0 Å². The van der Waals surface area contributed by atoms with Crippen LogP contribution in [0.3, 0.4) is 0 Å². The Labute approximate surface area is 65.7 Å². The van der Waals surface area contributed by atoms with E-state index in [2.05, 4.69) is 0 Å². The van der Waals surface area contributed by atoms with E-state index in [-0.39, 0.29) is 12.2 Å². The zero-order valence-corrected chi connectivity index (χ0v) is 6.73. The summed E-state index contributed by atoms with van der Waals surface area (Å²) in [6, 6.07) is 0. The fourth-order valence-corrected chi connectivity index (χ4v) is 1.26. The molecule has 1 fully saturated rings. The molecule has 0 aromatic heterocycles. The molecule has 4 heteroatoms. The summed E-state index contributed by atoms with van der Waals surface area (Å²) < 4.78 is 9.91. The fraction of sp³-hybridized carbons (Fsp3) is 1.00. The molecule has 0 aromatic carbocycles. The molecule has 4 nitrogen and oxygen atoms in total. The molecular formula is C7H14O4. The van der Waals surface area contributed by atoms with Crippen LogP contribution < -0.4 is 0 Å². The average molecular weight is 162 g/mol. The van der Waals surface area contributed by atoms with Crippen molar-refractivity contribution in [2.75, 3.05) is 7.11 Å². The van der Waals surface area contributed by atoms with Crippen molar-refractivity contribution < 1.29 is 19.7 Å². The van der Waals surface area contributed by atoms with Crippen LogP contribution in [0.5, 0.6) is 0 Å². The SMILES string of the molecule is CO[C@H]1C[C@@H](O)O[C@@H](C)[C@@H]1O. The van der Waals surface area contributed by atoms with Gasteiger partial charge in [0.25, 0.3) is 0 Å². The maximum absolute atomic E-state index is 9.39. The van der Waals surface area contributed by atoms with Gasteiger partial charge in [0.1, 0.15) is 6.10 Å². The van der Waals surface area contributed by atoms with Gasteiger partial charge >= 0.3 is 0 Å². The summed E-state index contributed by atoms with van der Waals surface area (Å²) in [6.45, 7) is 1.71. The predicted molar refractivity (Wildman–Crippen MR) is 38.0 cm³/mol. The molecule has 11 heavy (non-hydrogen) atoms. The first-order chi connectivity index (χ1) is 5.15. The first-order valence-electron chi connectivity index (χ1n) is 3.69. The van der Waals surface area contributed by atoms with E-state index in [1.54, 1.807) is 6.92 Å². The summed E-state index contributed by atoms with van der Waals surface area (Å²) in [6.07, 6.45) is -1.78. The van der Waals surface area contributed by atoms with E-state index in [0.717, 1.165) is 0 Å². The minimum absolute atomic E-state index is 0.311. The number of aliphatic hydroxyl groups excluding tert-OH is 2. The zero-order valence-electron chi connectivity index (χ0n) is 6.73. The summed E-state index contributed by atoms with van der Waals surface area (Å²) in [7, 11) is 1.51. The van der Waals surface area contributed by atoms with Gasteiger partial charge in [-0.05, 0) is 6.92 Å². The van der Waals surface area contributed by atoms with Crippen molar-refractivity contribution in [1.29, 1.82) is 0 Å². The van der Waals surface area contributed by atoms with Crippen LogP contribution in [0, 0.1) is 0 Å². The van der Waals surface area contributed by atoms with Crippen molar-refractivity contribution in [3.8, 4) is 0 Å². The molecule has 0 aliphatic carbocycles. The highest BCUT2D eigenvalue weighted by Crippen LogP contribution is 2.20. The quantitative estimate of drug-likeness (QED) is 0.545. The topological polar surface area (TPSA) is 58.9 Å². The summed E-state index contributed by atoms with van der Waals surface area (Å²) in [5.74, 6) is 0. The largest absolute Gasteiger partial charge is 0.388 e. The minimum Gasteiger partial charge on any atom is -0.388 e. The third kappa shape index (κ3) is 1.90. The van der Waals surface area contributed by atoms with Crippen LogP contribution in [0.1, 0.15) is 13.3 Å². The van der Waals surface area contributed by atoms with Crippen LogP contribution in [0.15, 0.2) is 0 Å².